The van der Waals surface area contributed by atoms with Gasteiger partial charge in [0.15, 0.2) is 0 Å². The number of benzene rings is 1. The Morgan fingerprint density at radius 2 is 2.16 bits per heavy atom. The Morgan fingerprint density at radius 3 is 2.74 bits per heavy atom. The van der Waals surface area contributed by atoms with Gasteiger partial charge in [0.2, 0.25) is 0 Å². The molecule has 0 bridgehead atoms. The third-order valence-corrected chi connectivity index (χ3v) is 4.41. The van der Waals surface area contributed by atoms with E-state index in [0.717, 1.165) is 22.3 Å². The van der Waals surface area contributed by atoms with E-state index in [1.54, 1.807) is 19.9 Å². The lowest BCUT2D eigenvalue weighted by molar-refractivity contribution is 0.330. The van der Waals surface area contributed by atoms with Gasteiger partial charge in [0.05, 0.1) is 6.61 Å². The number of ether oxygens (including phenoxy) is 1. The first-order valence-electron chi connectivity index (χ1n) is 5.50. The topological polar surface area (TPSA) is 74.1 Å². The van der Waals surface area contributed by atoms with Crippen LogP contribution in [0.15, 0.2) is 29.7 Å². The van der Waals surface area contributed by atoms with Crippen molar-refractivity contribution in [2.24, 2.45) is 0 Å². The predicted molar refractivity (Wildman–Crippen MR) is 70.0 cm³/mol. The molecule has 0 N–H and O–H groups in total. The second-order valence-corrected chi connectivity index (χ2v) is 5.93. The molecule has 0 aliphatic rings. The number of nitrogens with zero attached hydrogens (tertiary/aromatic N) is 3. The molecular formula is C11H12ClN3O3S. The van der Waals surface area contributed by atoms with Gasteiger partial charge in [-0.2, -0.15) is 8.42 Å². The van der Waals surface area contributed by atoms with E-state index in [1.165, 1.54) is 6.07 Å². The summed E-state index contributed by atoms with van der Waals surface area (Å²) >= 11 is 5.99. The fraction of sp³-hybridized carbons (Fsp3) is 0.273. The van der Waals surface area contributed by atoms with Gasteiger partial charge in [-0.05, 0) is 31.5 Å². The summed E-state index contributed by atoms with van der Waals surface area (Å²) in [6.07, 6.45) is 2.26. The van der Waals surface area contributed by atoms with E-state index in [-0.39, 0.29) is 10.6 Å². The molecule has 0 aliphatic heterocycles. The molecule has 8 heteroatoms. The van der Waals surface area contributed by atoms with Gasteiger partial charge >= 0.3 is 0 Å². The van der Waals surface area contributed by atoms with Crippen LogP contribution in [0.3, 0.4) is 0 Å². The van der Waals surface area contributed by atoms with E-state index in [0.29, 0.717) is 11.6 Å². The fourth-order valence-corrected chi connectivity index (χ4v) is 2.94. The number of rotatable bonds is 4. The van der Waals surface area contributed by atoms with E-state index in [1.807, 2.05) is 0 Å². The van der Waals surface area contributed by atoms with Crippen molar-refractivity contribution >= 4 is 21.6 Å². The van der Waals surface area contributed by atoms with Gasteiger partial charge < -0.3 is 4.74 Å². The molecule has 0 fully saturated rings. The van der Waals surface area contributed by atoms with Crippen LogP contribution in [-0.4, -0.2) is 29.2 Å². The maximum absolute atomic E-state index is 12.4. The molecular weight excluding hydrogens is 290 g/mol. The van der Waals surface area contributed by atoms with Crippen molar-refractivity contribution in [3.05, 3.63) is 35.4 Å². The van der Waals surface area contributed by atoms with Crippen LogP contribution in [-0.2, 0) is 10.0 Å². The Hall–Kier alpha value is -1.60. The highest BCUT2D eigenvalue weighted by molar-refractivity contribution is 7.90. The molecule has 1 heterocycles. The average molecular weight is 302 g/mol. The van der Waals surface area contributed by atoms with Crippen LogP contribution < -0.4 is 4.74 Å². The Morgan fingerprint density at radius 1 is 1.42 bits per heavy atom. The first kappa shape index (κ1) is 13.8. The number of hydrogen-bond donors (Lipinski definition) is 0. The van der Waals surface area contributed by atoms with Crippen LogP contribution in [0.4, 0.5) is 0 Å². The Balaban J connectivity index is 2.64. The van der Waals surface area contributed by atoms with E-state index < -0.39 is 10.0 Å². The van der Waals surface area contributed by atoms with Crippen LogP contribution in [0.5, 0.6) is 5.75 Å². The minimum absolute atomic E-state index is 0.0320. The fourth-order valence-electron chi connectivity index (χ4n) is 1.53. The van der Waals surface area contributed by atoms with Gasteiger partial charge in [-0.15, -0.1) is 9.19 Å². The summed E-state index contributed by atoms with van der Waals surface area (Å²) in [5.41, 5.74) is 0.739. The minimum Gasteiger partial charge on any atom is -0.492 e. The molecule has 0 spiro atoms. The predicted octanol–water partition coefficient (Wildman–Crippen LogP) is 1.88. The highest BCUT2D eigenvalue weighted by Gasteiger charge is 2.24. The molecule has 1 aromatic heterocycles. The summed E-state index contributed by atoms with van der Waals surface area (Å²) in [5.74, 6) is 0.250. The SMILES string of the molecule is CCOc1cc(C)c(Cl)cc1S(=O)(=O)n1cncn1. The molecule has 0 amide bonds. The molecule has 0 saturated carbocycles. The largest absolute Gasteiger partial charge is 0.492 e. The standard InChI is InChI=1S/C11H12ClN3O3S/c1-3-18-10-4-8(2)9(12)5-11(10)19(16,17)15-7-13-6-14-15/h4-7H,3H2,1-2H3. The quantitative estimate of drug-likeness (QED) is 0.862. The number of aryl methyl sites for hydroxylation is 1. The van der Waals surface area contributed by atoms with Gasteiger partial charge in [0.1, 0.15) is 23.3 Å². The molecule has 1 aromatic carbocycles. The number of aromatic nitrogens is 3. The van der Waals surface area contributed by atoms with E-state index in [2.05, 4.69) is 10.1 Å². The Kier molecular flexibility index (Phi) is 3.77. The summed E-state index contributed by atoms with van der Waals surface area (Å²) < 4.78 is 30.9. The Labute approximate surface area is 116 Å². The van der Waals surface area contributed by atoms with Crippen molar-refractivity contribution in [1.82, 2.24) is 14.2 Å². The molecule has 0 saturated heterocycles. The van der Waals surface area contributed by atoms with Crippen molar-refractivity contribution in [3.8, 4) is 5.75 Å². The monoisotopic (exact) mass is 301 g/mol. The second-order valence-electron chi connectivity index (χ2n) is 3.75. The summed E-state index contributed by atoms with van der Waals surface area (Å²) in [7, 11) is -3.85. The smallest absolute Gasteiger partial charge is 0.288 e. The maximum atomic E-state index is 12.4. The van der Waals surface area contributed by atoms with Crippen LogP contribution in [0.2, 0.25) is 5.02 Å². The normalized spacial score (nSPS) is 11.5. The first-order valence-corrected chi connectivity index (χ1v) is 7.31. The summed E-state index contributed by atoms with van der Waals surface area (Å²) in [6.45, 7) is 3.90. The summed E-state index contributed by atoms with van der Waals surface area (Å²) in [5, 5.41) is 3.99. The second kappa shape index (κ2) is 5.18. The molecule has 19 heavy (non-hydrogen) atoms. The molecule has 6 nitrogen and oxygen atoms in total. The highest BCUT2D eigenvalue weighted by Crippen LogP contribution is 2.31. The molecule has 0 unspecified atom stereocenters. The third-order valence-electron chi connectivity index (χ3n) is 2.45. The highest BCUT2D eigenvalue weighted by atomic mass is 35.5. The van der Waals surface area contributed by atoms with Crippen LogP contribution in [0, 0.1) is 6.92 Å². The van der Waals surface area contributed by atoms with E-state index in [4.69, 9.17) is 16.3 Å². The van der Waals surface area contributed by atoms with Gasteiger partial charge in [-0.3, -0.25) is 0 Å². The molecule has 0 aliphatic carbocycles. The van der Waals surface area contributed by atoms with Crippen molar-refractivity contribution in [2.45, 2.75) is 18.7 Å². The average Bonchev–Trinajstić information content (AvgIpc) is 2.88. The lowest BCUT2D eigenvalue weighted by Gasteiger charge is -2.12. The van der Waals surface area contributed by atoms with Crippen LogP contribution in [0.1, 0.15) is 12.5 Å². The van der Waals surface area contributed by atoms with Crippen LogP contribution >= 0.6 is 11.6 Å². The molecule has 2 aromatic rings. The maximum Gasteiger partial charge on any atom is 0.288 e. The first-order chi connectivity index (χ1) is 8.96. The van der Waals surface area contributed by atoms with Crippen molar-refractivity contribution in [1.29, 1.82) is 0 Å². The van der Waals surface area contributed by atoms with Crippen molar-refractivity contribution in [3.63, 3.8) is 0 Å². The van der Waals surface area contributed by atoms with E-state index in [9.17, 15) is 8.42 Å². The molecule has 0 atom stereocenters. The Bertz CT molecular complexity index is 683. The summed E-state index contributed by atoms with van der Waals surface area (Å²) in [4.78, 5) is 3.60. The van der Waals surface area contributed by atoms with Crippen molar-refractivity contribution < 1.29 is 13.2 Å². The molecule has 102 valence electrons. The molecule has 2 rings (SSSR count). The van der Waals surface area contributed by atoms with Gasteiger partial charge in [-0.25, -0.2) is 4.98 Å². The summed E-state index contributed by atoms with van der Waals surface area (Å²) in [6, 6.07) is 2.95. The lowest BCUT2D eigenvalue weighted by Crippen LogP contribution is -2.15. The number of halogens is 1. The zero-order chi connectivity index (χ0) is 14.0. The van der Waals surface area contributed by atoms with Crippen molar-refractivity contribution in [2.75, 3.05) is 6.61 Å². The van der Waals surface area contributed by atoms with E-state index >= 15 is 0 Å². The number of hydrogen-bond acceptors (Lipinski definition) is 5. The zero-order valence-electron chi connectivity index (χ0n) is 10.4. The van der Waals surface area contributed by atoms with Gasteiger partial charge in [0.25, 0.3) is 10.0 Å². The molecule has 0 radical (unpaired) electrons. The van der Waals surface area contributed by atoms with Crippen LogP contribution in [0.25, 0.3) is 0 Å². The zero-order valence-corrected chi connectivity index (χ0v) is 11.9. The lowest BCUT2D eigenvalue weighted by atomic mass is 10.2. The third kappa shape index (κ3) is 2.57. The van der Waals surface area contributed by atoms with Gasteiger partial charge in [0, 0.05) is 5.02 Å². The minimum atomic E-state index is -3.85. The van der Waals surface area contributed by atoms with Gasteiger partial charge in [-0.1, -0.05) is 11.6 Å².